The highest BCUT2D eigenvalue weighted by Crippen LogP contribution is 2.15. The molecule has 0 spiro atoms. The number of rotatable bonds is 7. The maximum atomic E-state index is 12.0. The van der Waals surface area contributed by atoms with Gasteiger partial charge in [-0.2, -0.15) is 8.78 Å². The van der Waals surface area contributed by atoms with Crippen LogP contribution < -0.4 is 15.4 Å². The molecule has 1 rings (SSSR count). The Morgan fingerprint density at radius 1 is 1.19 bits per heavy atom. The smallest absolute Gasteiger partial charge is 0.387 e. The maximum absolute atomic E-state index is 12.0. The van der Waals surface area contributed by atoms with E-state index in [-0.39, 0.29) is 11.3 Å². The van der Waals surface area contributed by atoms with E-state index >= 15 is 0 Å². The number of hydrogen-bond acceptors (Lipinski definition) is 4. The zero-order valence-corrected chi connectivity index (χ0v) is 10.6. The van der Waals surface area contributed by atoms with Gasteiger partial charge in [0.1, 0.15) is 12.3 Å². The van der Waals surface area contributed by atoms with E-state index in [1.807, 2.05) is 5.32 Å². The number of carboxylic acid groups (broad SMARTS) is 1. The minimum absolute atomic E-state index is 0.0270. The van der Waals surface area contributed by atoms with Crippen LogP contribution in [0.5, 0.6) is 5.75 Å². The third kappa shape index (κ3) is 6.32. The minimum Gasteiger partial charge on any atom is -0.480 e. The number of alkyl halides is 2. The predicted octanol–water partition coefficient (Wildman–Crippen LogP) is 0.219. The fourth-order valence-corrected chi connectivity index (χ4v) is 1.31. The minimum atomic E-state index is -3.01. The number of carbonyl (C=O) groups is 3. The monoisotopic (exact) mass is 302 g/mol. The molecule has 9 heteroatoms. The molecule has 21 heavy (non-hydrogen) atoms. The van der Waals surface area contributed by atoms with E-state index in [9.17, 15) is 23.2 Å². The molecule has 0 fully saturated rings. The highest BCUT2D eigenvalue weighted by Gasteiger charge is 2.11. The first kappa shape index (κ1) is 16.3. The van der Waals surface area contributed by atoms with Gasteiger partial charge in [0.25, 0.3) is 5.91 Å². The Morgan fingerprint density at radius 3 is 2.52 bits per heavy atom. The van der Waals surface area contributed by atoms with E-state index in [1.165, 1.54) is 18.2 Å². The summed E-state index contributed by atoms with van der Waals surface area (Å²) in [6.45, 7) is -4.01. The average molecular weight is 302 g/mol. The first-order chi connectivity index (χ1) is 9.88. The zero-order chi connectivity index (χ0) is 15.8. The molecule has 1 aromatic carbocycles. The second-order valence-corrected chi connectivity index (χ2v) is 3.76. The maximum Gasteiger partial charge on any atom is 0.387 e. The number of benzene rings is 1. The van der Waals surface area contributed by atoms with Crippen LogP contribution in [0, 0.1) is 0 Å². The van der Waals surface area contributed by atoms with Gasteiger partial charge in [-0.05, 0) is 18.2 Å². The molecule has 7 nitrogen and oxygen atoms in total. The van der Waals surface area contributed by atoms with E-state index in [0.717, 1.165) is 6.07 Å². The Labute approximate surface area is 117 Å². The Kier molecular flexibility index (Phi) is 6.05. The van der Waals surface area contributed by atoms with Crippen molar-refractivity contribution in [2.24, 2.45) is 0 Å². The van der Waals surface area contributed by atoms with Crippen molar-refractivity contribution in [3.05, 3.63) is 29.8 Å². The second kappa shape index (κ2) is 7.78. The summed E-state index contributed by atoms with van der Waals surface area (Å²) in [5.41, 5.74) is 0.0270. The topological polar surface area (TPSA) is 105 Å². The van der Waals surface area contributed by atoms with Crippen LogP contribution in [0.4, 0.5) is 8.78 Å². The standard InChI is InChI=1S/C12H12F2N2O5/c13-12(14)21-8-3-1-2-7(4-8)11(20)16-5-9(17)15-6-10(18)19/h1-4,12H,5-6H2,(H,15,17)(H,16,20)(H,18,19). The Hall–Kier alpha value is -2.71. The third-order valence-corrected chi connectivity index (χ3v) is 2.17. The van der Waals surface area contributed by atoms with Gasteiger partial charge in [-0.15, -0.1) is 0 Å². The van der Waals surface area contributed by atoms with Crippen LogP contribution in [0.25, 0.3) is 0 Å². The van der Waals surface area contributed by atoms with Crippen LogP contribution in [0.15, 0.2) is 24.3 Å². The molecule has 0 unspecified atom stereocenters. The number of nitrogens with one attached hydrogen (secondary N) is 2. The van der Waals surface area contributed by atoms with Crippen molar-refractivity contribution in [2.45, 2.75) is 6.61 Å². The number of halogens is 2. The third-order valence-electron chi connectivity index (χ3n) is 2.17. The van der Waals surface area contributed by atoms with Gasteiger partial charge in [0.15, 0.2) is 0 Å². The van der Waals surface area contributed by atoms with Gasteiger partial charge < -0.3 is 20.5 Å². The van der Waals surface area contributed by atoms with Crippen molar-refractivity contribution in [1.29, 1.82) is 0 Å². The first-order valence-electron chi connectivity index (χ1n) is 5.70. The molecular weight excluding hydrogens is 290 g/mol. The van der Waals surface area contributed by atoms with Crippen LogP contribution in [0.2, 0.25) is 0 Å². The van der Waals surface area contributed by atoms with E-state index in [2.05, 4.69) is 10.1 Å². The fraction of sp³-hybridized carbons (Fsp3) is 0.250. The van der Waals surface area contributed by atoms with Crippen LogP contribution >= 0.6 is 0 Å². The molecule has 0 saturated heterocycles. The number of hydrogen-bond donors (Lipinski definition) is 3. The van der Waals surface area contributed by atoms with Crippen LogP contribution in [-0.4, -0.2) is 42.6 Å². The lowest BCUT2D eigenvalue weighted by atomic mass is 10.2. The molecule has 0 aromatic heterocycles. The van der Waals surface area contributed by atoms with Crippen LogP contribution in [0.3, 0.4) is 0 Å². The summed E-state index contributed by atoms with van der Waals surface area (Å²) in [6.07, 6.45) is 0. The Balaban J connectivity index is 2.52. The van der Waals surface area contributed by atoms with Gasteiger partial charge in [0.2, 0.25) is 5.91 Å². The van der Waals surface area contributed by atoms with E-state index in [1.54, 1.807) is 0 Å². The summed E-state index contributed by atoms with van der Waals surface area (Å²) < 4.78 is 28.2. The quantitative estimate of drug-likeness (QED) is 0.668. The molecule has 0 aliphatic rings. The van der Waals surface area contributed by atoms with Gasteiger partial charge in [-0.1, -0.05) is 6.07 Å². The van der Waals surface area contributed by atoms with Gasteiger partial charge in [-0.3, -0.25) is 14.4 Å². The molecule has 1 aromatic rings. The molecule has 0 radical (unpaired) electrons. The van der Waals surface area contributed by atoms with Crippen molar-refractivity contribution in [2.75, 3.05) is 13.1 Å². The molecule has 0 saturated carbocycles. The summed E-state index contributed by atoms with van der Waals surface area (Å²) in [5.74, 6) is -2.77. The average Bonchev–Trinajstić information content (AvgIpc) is 2.42. The molecule has 3 N–H and O–H groups in total. The molecule has 0 atom stereocenters. The van der Waals surface area contributed by atoms with Gasteiger partial charge in [-0.25, -0.2) is 0 Å². The van der Waals surface area contributed by atoms with Crippen molar-refractivity contribution >= 4 is 17.8 Å². The number of amides is 2. The number of aliphatic carboxylic acids is 1. The van der Waals surface area contributed by atoms with Crippen LogP contribution in [-0.2, 0) is 9.59 Å². The Bertz CT molecular complexity index is 536. The van der Waals surface area contributed by atoms with Gasteiger partial charge >= 0.3 is 12.6 Å². The summed E-state index contributed by atoms with van der Waals surface area (Å²) in [4.78, 5) is 33.1. The number of carboxylic acids is 1. The largest absolute Gasteiger partial charge is 0.480 e. The molecule has 2 amide bonds. The SMILES string of the molecule is O=C(O)CNC(=O)CNC(=O)c1cccc(OC(F)F)c1. The molecule has 0 bridgehead atoms. The van der Waals surface area contributed by atoms with Crippen molar-refractivity contribution < 1.29 is 33.0 Å². The highest BCUT2D eigenvalue weighted by molar-refractivity contribution is 5.97. The summed E-state index contributed by atoms with van der Waals surface area (Å²) in [7, 11) is 0. The van der Waals surface area contributed by atoms with Crippen molar-refractivity contribution in [3.8, 4) is 5.75 Å². The summed E-state index contributed by atoms with van der Waals surface area (Å²) in [6, 6.07) is 5.04. The molecule has 0 aliphatic heterocycles. The van der Waals surface area contributed by atoms with E-state index in [4.69, 9.17) is 5.11 Å². The molecular formula is C12H12F2N2O5. The Morgan fingerprint density at radius 2 is 1.90 bits per heavy atom. The molecule has 0 heterocycles. The normalized spacial score (nSPS) is 10.0. The lowest BCUT2D eigenvalue weighted by Crippen LogP contribution is -2.39. The predicted molar refractivity (Wildman–Crippen MR) is 66.1 cm³/mol. The summed E-state index contributed by atoms with van der Waals surface area (Å²) in [5, 5.41) is 12.6. The molecule has 0 aliphatic carbocycles. The van der Waals surface area contributed by atoms with Crippen molar-refractivity contribution in [1.82, 2.24) is 10.6 Å². The number of carbonyl (C=O) groups excluding carboxylic acids is 2. The number of ether oxygens (including phenoxy) is 1. The van der Waals surface area contributed by atoms with E-state index in [0.29, 0.717) is 0 Å². The second-order valence-electron chi connectivity index (χ2n) is 3.76. The highest BCUT2D eigenvalue weighted by atomic mass is 19.3. The fourth-order valence-electron chi connectivity index (χ4n) is 1.31. The van der Waals surface area contributed by atoms with Gasteiger partial charge in [0.05, 0.1) is 6.54 Å². The van der Waals surface area contributed by atoms with Crippen molar-refractivity contribution in [3.63, 3.8) is 0 Å². The lowest BCUT2D eigenvalue weighted by Gasteiger charge is -2.08. The summed E-state index contributed by atoms with van der Waals surface area (Å²) >= 11 is 0. The lowest BCUT2D eigenvalue weighted by molar-refractivity contribution is -0.137. The zero-order valence-electron chi connectivity index (χ0n) is 10.6. The molecule has 114 valence electrons. The first-order valence-corrected chi connectivity index (χ1v) is 5.70. The van der Waals surface area contributed by atoms with E-state index < -0.39 is 37.5 Å². The van der Waals surface area contributed by atoms with Gasteiger partial charge in [0, 0.05) is 5.56 Å². The van der Waals surface area contributed by atoms with Crippen LogP contribution in [0.1, 0.15) is 10.4 Å².